The summed E-state index contributed by atoms with van der Waals surface area (Å²) in [5, 5.41) is 3.27. The zero-order valence-corrected chi connectivity index (χ0v) is 22.2. The Morgan fingerprint density at radius 1 is 0.925 bits per heavy atom. The van der Waals surface area contributed by atoms with Gasteiger partial charge in [-0.1, -0.05) is 41.9 Å². The summed E-state index contributed by atoms with van der Waals surface area (Å²) in [5.41, 5.74) is 3.04. The number of anilines is 2. The normalized spacial score (nSPS) is 12.7. The zero-order chi connectivity index (χ0) is 28.2. The number of hydrogen-bond acceptors (Lipinski definition) is 5. The van der Waals surface area contributed by atoms with Crippen molar-refractivity contribution in [2.45, 2.75) is 6.61 Å². The van der Waals surface area contributed by atoms with Gasteiger partial charge in [-0.05, 0) is 65.7 Å². The fourth-order valence-corrected chi connectivity index (χ4v) is 4.80. The average molecular weight is 559 g/mol. The van der Waals surface area contributed by atoms with E-state index in [2.05, 4.69) is 5.32 Å². The summed E-state index contributed by atoms with van der Waals surface area (Å²) >= 11 is 6.14. The van der Waals surface area contributed by atoms with Crippen molar-refractivity contribution in [3.05, 3.63) is 118 Å². The Labute approximate surface area is 235 Å². The van der Waals surface area contributed by atoms with Crippen LogP contribution >= 0.6 is 11.6 Å². The number of rotatable bonds is 5. The fraction of sp³-hybridized carbons (Fsp3) is 0.129. The second-order valence-electron chi connectivity index (χ2n) is 9.04. The molecule has 202 valence electrons. The maximum absolute atomic E-state index is 14.1. The van der Waals surface area contributed by atoms with Crippen molar-refractivity contribution < 1.29 is 28.2 Å². The first-order valence-electron chi connectivity index (χ1n) is 12.4. The van der Waals surface area contributed by atoms with E-state index in [1.807, 2.05) is 6.07 Å². The molecule has 0 saturated heterocycles. The van der Waals surface area contributed by atoms with Crippen molar-refractivity contribution >= 4 is 40.8 Å². The number of ether oxygens (including phenoxy) is 2. The molecule has 4 aromatic carbocycles. The second-order valence-corrected chi connectivity index (χ2v) is 9.48. The van der Waals surface area contributed by atoms with Gasteiger partial charge in [-0.15, -0.1) is 0 Å². The highest BCUT2D eigenvalue weighted by Crippen LogP contribution is 2.30. The zero-order valence-electron chi connectivity index (χ0n) is 21.4. The van der Waals surface area contributed by atoms with Gasteiger partial charge in [0, 0.05) is 34.1 Å². The molecule has 0 saturated carbocycles. The van der Waals surface area contributed by atoms with Crippen LogP contribution in [0, 0.1) is 5.82 Å². The van der Waals surface area contributed by atoms with E-state index < -0.39 is 23.6 Å². The van der Waals surface area contributed by atoms with Crippen LogP contribution in [0.15, 0.2) is 84.9 Å². The molecule has 40 heavy (non-hydrogen) atoms. The van der Waals surface area contributed by atoms with Crippen molar-refractivity contribution in [2.75, 3.05) is 30.5 Å². The van der Waals surface area contributed by atoms with Crippen molar-refractivity contribution in [1.29, 1.82) is 0 Å². The Balaban J connectivity index is 1.48. The molecule has 0 fully saturated rings. The SMILES string of the molecule is COC(=O)c1cc(NC(=O)c2ccc(F)cc2-c2ccccc2)ccc1C(=O)N1CCOCc2cc(Cl)ccc21. The van der Waals surface area contributed by atoms with Crippen LogP contribution in [-0.2, 0) is 16.1 Å². The van der Waals surface area contributed by atoms with Crippen LogP contribution < -0.4 is 10.2 Å². The van der Waals surface area contributed by atoms with Gasteiger partial charge in [0.1, 0.15) is 5.82 Å². The van der Waals surface area contributed by atoms with Crippen molar-refractivity contribution in [3.63, 3.8) is 0 Å². The number of nitrogens with one attached hydrogen (secondary N) is 1. The number of nitrogens with zero attached hydrogens (tertiary/aromatic N) is 1. The van der Waals surface area contributed by atoms with Gasteiger partial charge >= 0.3 is 5.97 Å². The molecule has 0 unspecified atom stereocenters. The summed E-state index contributed by atoms with van der Waals surface area (Å²) in [6, 6.07) is 22.4. The molecule has 0 bridgehead atoms. The van der Waals surface area contributed by atoms with E-state index in [1.54, 1.807) is 42.5 Å². The molecule has 1 aliphatic rings. The van der Waals surface area contributed by atoms with Crippen LogP contribution in [0.3, 0.4) is 0 Å². The molecule has 1 heterocycles. The summed E-state index contributed by atoms with van der Waals surface area (Å²) < 4.78 is 24.7. The van der Waals surface area contributed by atoms with Crippen LogP contribution in [0.2, 0.25) is 5.02 Å². The summed E-state index contributed by atoms with van der Waals surface area (Å²) in [4.78, 5) is 41.3. The van der Waals surface area contributed by atoms with Gasteiger partial charge in [0.05, 0.1) is 31.5 Å². The maximum Gasteiger partial charge on any atom is 0.338 e. The first-order chi connectivity index (χ1) is 19.4. The van der Waals surface area contributed by atoms with Crippen molar-refractivity contribution in [3.8, 4) is 11.1 Å². The Bertz CT molecular complexity index is 1610. The topological polar surface area (TPSA) is 84.9 Å². The number of halogens is 2. The monoisotopic (exact) mass is 558 g/mol. The van der Waals surface area contributed by atoms with Gasteiger partial charge in [-0.25, -0.2) is 9.18 Å². The maximum atomic E-state index is 14.1. The van der Waals surface area contributed by atoms with Crippen LogP contribution in [0.25, 0.3) is 11.1 Å². The van der Waals surface area contributed by atoms with E-state index in [4.69, 9.17) is 21.1 Å². The number of carbonyl (C=O) groups excluding carboxylic acids is 3. The average Bonchev–Trinajstić information content (AvgIpc) is 3.18. The highest BCUT2D eigenvalue weighted by atomic mass is 35.5. The highest BCUT2D eigenvalue weighted by Gasteiger charge is 2.27. The number of fused-ring (bicyclic) bond motifs is 1. The summed E-state index contributed by atoms with van der Waals surface area (Å²) in [6.45, 7) is 0.851. The van der Waals surface area contributed by atoms with Gasteiger partial charge in [-0.2, -0.15) is 0 Å². The molecule has 1 N–H and O–H groups in total. The lowest BCUT2D eigenvalue weighted by Gasteiger charge is -2.23. The molecule has 0 spiro atoms. The molecule has 0 aliphatic carbocycles. The fourth-order valence-electron chi connectivity index (χ4n) is 4.60. The quantitative estimate of drug-likeness (QED) is 0.288. The second kappa shape index (κ2) is 11.7. The van der Waals surface area contributed by atoms with Gasteiger partial charge in [0.2, 0.25) is 0 Å². The lowest BCUT2D eigenvalue weighted by Crippen LogP contribution is -2.34. The van der Waals surface area contributed by atoms with Gasteiger partial charge in [-0.3, -0.25) is 9.59 Å². The van der Waals surface area contributed by atoms with E-state index in [0.717, 1.165) is 5.56 Å². The van der Waals surface area contributed by atoms with Crippen molar-refractivity contribution in [2.24, 2.45) is 0 Å². The minimum atomic E-state index is -0.742. The predicted octanol–water partition coefficient (Wildman–Crippen LogP) is 6.36. The number of esters is 1. The number of amides is 2. The van der Waals surface area contributed by atoms with Crippen molar-refractivity contribution in [1.82, 2.24) is 0 Å². The number of methoxy groups -OCH3 is 1. The van der Waals surface area contributed by atoms with Crippen LogP contribution in [0.1, 0.15) is 36.6 Å². The smallest absolute Gasteiger partial charge is 0.338 e. The Kier molecular flexibility index (Phi) is 7.91. The highest BCUT2D eigenvalue weighted by molar-refractivity contribution is 6.30. The Hall–Kier alpha value is -4.53. The van der Waals surface area contributed by atoms with E-state index in [0.29, 0.717) is 35.1 Å². The lowest BCUT2D eigenvalue weighted by molar-refractivity contribution is 0.0596. The van der Waals surface area contributed by atoms with Crippen LogP contribution in [-0.4, -0.2) is 38.0 Å². The largest absolute Gasteiger partial charge is 0.465 e. The molecule has 0 aromatic heterocycles. The van der Waals surface area contributed by atoms with Gasteiger partial charge in [0.25, 0.3) is 11.8 Å². The molecule has 4 aromatic rings. The third-order valence-corrected chi connectivity index (χ3v) is 6.75. The summed E-state index contributed by atoms with van der Waals surface area (Å²) in [5.74, 6) is -2.16. The third kappa shape index (κ3) is 5.59. The first kappa shape index (κ1) is 27.1. The first-order valence-corrected chi connectivity index (χ1v) is 12.8. The number of carbonyl (C=O) groups is 3. The van der Waals surface area contributed by atoms with Crippen LogP contribution in [0.5, 0.6) is 0 Å². The molecule has 5 rings (SSSR count). The molecular weight excluding hydrogens is 535 g/mol. The minimum Gasteiger partial charge on any atom is -0.465 e. The summed E-state index contributed by atoms with van der Waals surface area (Å²) in [6.07, 6.45) is 0. The lowest BCUT2D eigenvalue weighted by atomic mass is 9.98. The molecule has 9 heteroatoms. The van der Waals surface area contributed by atoms with E-state index >= 15 is 0 Å². The van der Waals surface area contributed by atoms with Gasteiger partial charge < -0.3 is 19.7 Å². The van der Waals surface area contributed by atoms with Crippen LogP contribution in [0.4, 0.5) is 15.8 Å². The van der Waals surface area contributed by atoms with E-state index in [9.17, 15) is 18.8 Å². The molecule has 7 nitrogen and oxygen atoms in total. The van der Waals surface area contributed by atoms with E-state index in [1.165, 1.54) is 48.4 Å². The van der Waals surface area contributed by atoms with E-state index in [-0.39, 0.29) is 28.9 Å². The Morgan fingerprint density at radius 3 is 2.48 bits per heavy atom. The minimum absolute atomic E-state index is 0.0200. The Morgan fingerprint density at radius 2 is 1.70 bits per heavy atom. The van der Waals surface area contributed by atoms with Gasteiger partial charge in [0.15, 0.2) is 0 Å². The number of benzene rings is 4. The third-order valence-electron chi connectivity index (χ3n) is 6.52. The standard InChI is InChI=1S/C31H24ClFN2O5/c1-39-31(38)27-17-23(34-29(36)24-10-8-22(33)16-26(24)19-5-3-2-4-6-19)9-11-25(27)30(37)35-13-14-40-18-20-15-21(32)7-12-28(20)35/h2-12,15-17H,13-14,18H2,1H3,(H,34,36). The molecular formula is C31H24ClFN2O5. The molecule has 2 amide bonds. The molecule has 1 aliphatic heterocycles. The number of hydrogen-bond donors (Lipinski definition) is 1. The molecule has 0 atom stereocenters. The summed E-state index contributed by atoms with van der Waals surface area (Å²) in [7, 11) is 1.21. The molecule has 0 radical (unpaired) electrons. The predicted molar refractivity (Wildman–Crippen MR) is 150 cm³/mol.